The molecule has 1 amide bonds. The highest BCUT2D eigenvalue weighted by molar-refractivity contribution is 5.96. The number of amides is 1. The van der Waals surface area contributed by atoms with Crippen LogP contribution < -0.4 is 10.2 Å². The van der Waals surface area contributed by atoms with Gasteiger partial charge >= 0.3 is 0 Å². The summed E-state index contributed by atoms with van der Waals surface area (Å²) in [5.74, 6) is 0.186. The van der Waals surface area contributed by atoms with E-state index < -0.39 is 0 Å². The van der Waals surface area contributed by atoms with Crippen LogP contribution >= 0.6 is 0 Å². The minimum Gasteiger partial charge on any atom is -0.315 e. The summed E-state index contributed by atoms with van der Waals surface area (Å²) in [5, 5.41) is 3.55. The molecule has 2 rings (SSSR count). The summed E-state index contributed by atoms with van der Waals surface area (Å²) in [7, 11) is 4.01. The van der Waals surface area contributed by atoms with E-state index in [-0.39, 0.29) is 11.9 Å². The van der Waals surface area contributed by atoms with Gasteiger partial charge in [-0.15, -0.1) is 0 Å². The smallest absolute Gasteiger partial charge is 0.228 e. The number of carbonyl (C=O) groups excluding carboxylic acids is 1. The van der Waals surface area contributed by atoms with E-state index in [4.69, 9.17) is 0 Å². The molecule has 0 saturated heterocycles. The molecule has 0 bridgehead atoms. The summed E-state index contributed by atoms with van der Waals surface area (Å²) < 4.78 is 0. The predicted molar refractivity (Wildman–Crippen MR) is 87.6 cm³/mol. The first-order chi connectivity index (χ1) is 10.0. The molecule has 0 aliphatic carbocycles. The lowest BCUT2D eigenvalue weighted by Crippen LogP contribution is -2.38. The lowest BCUT2D eigenvalue weighted by Gasteiger charge is -2.32. The average molecular weight is 289 g/mol. The second-order valence-electron chi connectivity index (χ2n) is 6.15. The first-order valence-electron chi connectivity index (χ1n) is 7.79. The SMILES string of the molecule is CC(C)N(C)CCCNC1CC(=O)N(C)c2ccccc21. The number of hydrogen-bond acceptors (Lipinski definition) is 3. The van der Waals surface area contributed by atoms with Crippen LogP contribution in [0.4, 0.5) is 5.69 Å². The van der Waals surface area contributed by atoms with Gasteiger partial charge in [0.15, 0.2) is 0 Å². The number of carbonyl (C=O) groups is 1. The Morgan fingerprint density at radius 3 is 2.81 bits per heavy atom. The van der Waals surface area contributed by atoms with E-state index in [9.17, 15) is 4.79 Å². The molecule has 21 heavy (non-hydrogen) atoms. The highest BCUT2D eigenvalue weighted by atomic mass is 16.2. The van der Waals surface area contributed by atoms with Crippen molar-refractivity contribution >= 4 is 11.6 Å². The number of nitrogens with one attached hydrogen (secondary N) is 1. The fourth-order valence-electron chi connectivity index (χ4n) is 2.69. The number of hydrogen-bond donors (Lipinski definition) is 1. The van der Waals surface area contributed by atoms with Crippen molar-refractivity contribution < 1.29 is 4.79 Å². The number of benzene rings is 1. The van der Waals surface area contributed by atoms with Crippen molar-refractivity contribution in [1.82, 2.24) is 10.2 Å². The number of rotatable bonds is 6. The highest BCUT2D eigenvalue weighted by Gasteiger charge is 2.28. The molecule has 1 heterocycles. The standard InChI is InChI=1S/C17H27N3O/c1-13(2)19(3)11-7-10-18-15-12-17(21)20(4)16-9-6-5-8-14(15)16/h5-6,8-9,13,15,18H,7,10-12H2,1-4H3. The number of anilines is 1. The van der Waals surface area contributed by atoms with Crippen LogP contribution in [0.25, 0.3) is 0 Å². The molecule has 1 aliphatic rings. The van der Waals surface area contributed by atoms with Crippen LogP contribution in [0, 0.1) is 0 Å². The summed E-state index contributed by atoms with van der Waals surface area (Å²) in [6, 6.07) is 8.90. The quantitative estimate of drug-likeness (QED) is 0.817. The van der Waals surface area contributed by atoms with E-state index in [0.717, 1.165) is 25.2 Å². The minimum atomic E-state index is 0.147. The second-order valence-corrected chi connectivity index (χ2v) is 6.15. The molecule has 1 atom stereocenters. The zero-order chi connectivity index (χ0) is 15.4. The Hall–Kier alpha value is -1.39. The van der Waals surface area contributed by atoms with Crippen LogP contribution in [0.5, 0.6) is 0 Å². The van der Waals surface area contributed by atoms with Gasteiger partial charge in [0, 0.05) is 31.2 Å². The molecule has 0 saturated carbocycles. The molecule has 1 aromatic rings. The van der Waals surface area contributed by atoms with Crippen molar-refractivity contribution in [3.05, 3.63) is 29.8 Å². The van der Waals surface area contributed by atoms with Crippen molar-refractivity contribution in [2.75, 3.05) is 32.1 Å². The maximum Gasteiger partial charge on any atom is 0.228 e. The zero-order valence-corrected chi connectivity index (χ0v) is 13.6. The number of nitrogens with zero attached hydrogens (tertiary/aromatic N) is 2. The Labute approximate surface area is 128 Å². The van der Waals surface area contributed by atoms with E-state index in [1.807, 2.05) is 25.2 Å². The van der Waals surface area contributed by atoms with E-state index in [1.54, 1.807) is 4.90 Å². The van der Waals surface area contributed by atoms with Crippen LogP contribution in [-0.2, 0) is 4.79 Å². The monoisotopic (exact) mass is 289 g/mol. The van der Waals surface area contributed by atoms with E-state index in [0.29, 0.717) is 12.5 Å². The third-order valence-corrected chi connectivity index (χ3v) is 4.39. The fourth-order valence-corrected chi connectivity index (χ4v) is 2.69. The van der Waals surface area contributed by atoms with Crippen molar-refractivity contribution in [3.63, 3.8) is 0 Å². The summed E-state index contributed by atoms with van der Waals surface area (Å²) in [6.45, 7) is 6.43. The maximum atomic E-state index is 12.1. The second kappa shape index (κ2) is 7.05. The first-order valence-corrected chi connectivity index (χ1v) is 7.79. The number of fused-ring (bicyclic) bond motifs is 1. The summed E-state index contributed by atoms with van der Waals surface area (Å²) in [6.07, 6.45) is 1.64. The zero-order valence-electron chi connectivity index (χ0n) is 13.6. The molecule has 0 fully saturated rings. The van der Waals surface area contributed by atoms with Crippen LogP contribution in [0.1, 0.15) is 38.3 Å². The highest BCUT2D eigenvalue weighted by Crippen LogP contribution is 2.33. The van der Waals surface area contributed by atoms with Crippen molar-refractivity contribution in [2.24, 2.45) is 0 Å². The van der Waals surface area contributed by atoms with Crippen LogP contribution in [0.15, 0.2) is 24.3 Å². The van der Waals surface area contributed by atoms with Gasteiger partial charge in [-0.2, -0.15) is 0 Å². The molecule has 0 radical (unpaired) electrons. The van der Waals surface area contributed by atoms with E-state index >= 15 is 0 Å². The van der Waals surface area contributed by atoms with Crippen molar-refractivity contribution in [3.8, 4) is 0 Å². The third-order valence-electron chi connectivity index (χ3n) is 4.39. The Morgan fingerprint density at radius 2 is 2.10 bits per heavy atom. The van der Waals surface area contributed by atoms with Gasteiger partial charge in [-0.05, 0) is 52.0 Å². The van der Waals surface area contributed by atoms with Gasteiger partial charge in [-0.3, -0.25) is 4.79 Å². The average Bonchev–Trinajstić information content (AvgIpc) is 2.48. The molecule has 1 aliphatic heterocycles. The van der Waals surface area contributed by atoms with E-state index in [2.05, 4.69) is 37.2 Å². The molecule has 0 spiro atoms. The molecule has 1 aromatic carbocycles. The molecule has 4 heteroatoms. The van der Waals surface area contributed by atoms with Gasteiger partial charge in [0.05, 0.1) is 0 Å². The molecule has 0 aromatic heterocycles. The summed E-state index contributed by atoms with van der Waals surface area (Å²) >= 11 is 0. The van der Waals surface area contributed by atoms with Gasteiger partial charge in [0.1, 0.15) is 0 Å². The van der Waals surface area contributed by atoms with E-state index in [1.165, 1.54) is 5.56 Å². The van der Waals surface area contributed by atoms with Gasteiger partial charge in [0.25, 0.3) is 0 Å². The van der Waals surface area contributed by atoms with Gasteiger partial charge in [0.2, 0.25) is 5.91 Å². The topological polar surface area (TPSA) is 35.6 Å². The molecule has 4 nitrogen and oxygen atoms in total. The summed E-state index contributed by atoms with van der Waals surface area (Å²) in [4.78, 5) is 16.2. The lowest BCUT2D eigenvalue weighted by atomic mass is 9.96. The third kappa shape index (κ3) is 3.83. The van der Waals surface area contributed by atoms with Gasteiger partial charge in [-0.25, -0.2) is 0 Å². The van der Waals surface area contributed by atoms with Crippen LogP contribution in [0.3, 0.4) is 0 Å². The van der Waals surface area contributed by atoms with Gasteiger partial charge in [-0.1, -0.05) is 18.2 Å². The minimum absolute atomic E-state index is 0.147. The fraction of sp³-hybridized carbons (Fsp3) is 0.588. The number of para-hydroxylation sites is 1. The predicted octanol–water partition coefficient (Wildman–Crippen LogP) is 2.41. The van der Waals surface area contributed by atoms with Gasteiger partial charge < -0.3 is 15.1 Å². The Bertz CT molecular complexity index is 487. The Kier molecular flexibility index (Phi) is 5.37. The Balaban J connectivity index is 1.92. The molecular formula is C17H27N3O. The lowest BCUT2D eigenvalue weighted by molar-refractivity contribution is -0.119. The summed E-state index contributed by atoms with van der Waals surface area (Å²) in [5.41, 5.74) is 2.27. The molecule has 116 valence electrons. The normalized spacial score (nSPS) is 18.5. The van der Waals surface area contributed by atoms with Crippen LogP contribution in [0.2, 0.25) is 0 Å². The molecular weight excluding hydrogens is 262 g/mol. The first kappa shape index (κ1) is 16.0. The molecule has 1 unspecified atom stereocenters. The van der Waals surface area contributed by atoms with Crippen LogP contribution in [-0.4, -0.2) is 44.0 Å². The molecule has 1 N–H and O–H groups in total. The van der Waals surface area contributed by atoms with Crippen molar-refractivity contribution in [1.29, 1.82) is 0 Å². The largest absolute Gasteiger partial charge is 0.315 e. The maximum absolute atomic E-state index is 12.1. The Morgan fingerprint density at radius 1 is 1.38 bits per heavy atom. The van der Waals surface area contributed by atoms with Crippen molar-refractivity contribution in [2.45, 2.75) is 38.8 Å².